The maximum Gasteiger partial charge on any atom is 0.341 e. The molecule has 172 valence electrons. The first-order chi connectivity index (χ1) is 15.3. The third kappa shape index (κ3) is 8.30. The number of carbonyl (C=O) groups is 4. The number of halogens is 2. The Hall–Kier alpha value is -2.93. The predicted molar refractivity (Wildman–Crippen MR) is 122 cm³/mol. The van der Waals surface area contributed by atoms with E-state index in [0.29, 0.717) is 24.4 Å². The SMILES string of the molecule is CCOC(=O)C(C=O)C=O.CCOC(=O)c1cnc2c(Br)cnn2c1.NC1=C(Br)C=NC1. The van der Waals surface area contributed by atoms with Crippen molar-refractivity contribution in [3.8, 4) is 0 Å². The van der Waals surface area contributed by atoms with Crippen LogP contribution in [0.1, 0.15) is 24.2 Å². The third-order valence-corrected chi connectivity index (χ3v) is 4.72. The van der Waals surface area contributed by atoms with Crippen molar-refractivity contribution >= 4 is 68.2 Å². The van der Waals surface area contributed by atoms with Gasteiger partial charge in [-0.15, -0.1) is 0 Å². The first-order valence-electron chi connectivity index (χ1n) is 9.16. The number of rotatable bonds is 6. The van der Waals surface area contributed by atoms with Crippen LogP contribution in [-0.4, -0.2) is 65.1 Å². The molecule has 0 spiro atoms. The van der Waals surface area contributed by atoms with Crippen molar-refractivity contribution in [2.45, 2.75) is 13.8 Å². The number of nitrogens with two attached hydrogens (primary N) is 1. The molecule has 2 aromatic heterocycles. The number of ether oxygens (including phenoxy) is 2. The molecule has 0 atom stereocenters. The van der Waals surface area contributed by atoms with E-state index in [0.717, 1.165) is 14.7 Å². The molecule has 11 nitrogen and oxygen atoms in total. The van der Waals surface area contributed by atoms with Gasteiger partial charge in [-0.1, -0.05) is 0 Å². The number of fused-ring (bicyclic) bond motifs is 1. The lowest BCUT2D eigenvalue weighted by atomic mass is 10.2. The van der Waals surface area contributed by atoms with E-state index in [-0.39, 0.29) is 19.2 Å². The van der Waals surface area contributed by atoms with E-state index < -0.39 is 17.9 Å². The standard InChI is InChI=1S/C9H8BrN3O2.C6H8O4.C4H5BrN2/c1-2-15-9(14)6-3-11-8-7(10)4-12-13(8)5-6;1-2-10-6(9)5(3-7)4-8;5-3-1-7-2-4(3)6/h3-5H,2H2,1H3;3-5H,2H2,1H3;1H,2,6H2. The highest BCUT2D eigenvalue weighted by molar-refractivity contribution is 9.12. The number of nitrogens with zero attached hydrogens (tertiary/aromatic N) is 4. The Morgan fingerprint density at radius 2 is 1.84 bits per heavy atom. The lowest BCUT2D eigenvalue weighted by molar-refractivity contribution is -0.150. The molecule has 3 rings (SSSR count). The van der Waals surface area contributed by atoms with Crippen molar-refractivity contribution in [3.63, 3.8) is 0 Å². The molecule has 3 heterocycles. The summed E-state index contributed by atoms with van der Waals surface area (Å²) in [5, 5.41) is 4.02. The van der Waals surface area contributed by atoms with Gasteiger partial charge >= 0.3 is 11.9 Å². The van der Waals surface area contributed by atoms with Gasteiger partial charge in [-0.25, -0.2) is 14.3 Å². The summed E-state index contributed by atoms with van der Waals surface area (Å²) in [5.41, 5.74) is 7.26. The molecule has 0 saturated carbocycles. The molecule has 0 aromatic carbocycles. The van der Waals surface area contributed by atoms with Crippen LogP contribution in [0.3, 0.4) is 0 Å². The molecular weight excluding hydrogens is 554 g/mol. The third-order valence-electron chi connectivity index (χ3n) is 3.45. The van der Waals surface area contributed by atoms with Crippen molar-refractivity contribution in [1.82, 2.24) is 14.6 Å². The van der Waals surface area contributed by atoms with Crippen LogP contribution in [0, 0.1) is 5.92 Å². The van der Waals surface area contributed by atoms with Gasteiger partial charge in [0, 0.05) is 24.3 Å². The topological polar surface area (TPSA) is 155 Å². The van der Waals surface area contributed by atoms with Gasteiger partial charge in [0.15, 0.2) is 11.6 Å². The molecule has 1 aliphatic rings. The number of hydrogen-bond donors (Lipinski definition) is 1. The largest absolute Gasteiger partial charge is 0.465 e. The average Bonchev–Trinajstić information content (AvgIpc) is 3.34. The van der Waals surface area contributed by atoms with Crippen molar-refractivity contribution in [2.75, 3.05) is 19.8 Å². The van der Waals surface area contributed by atoms with Crippen molar-refractivity contribution < 1.29 is 28.7 Å². The smallest absolute Gasteiger partial charge is 0.341 e. The van der Waals surface area contributed by atoms with Crippen LogP contribution in [0.15, 0.2) is 38.2 Å². The molecule has 0 radical (unpaired) electrons. The zero-order valence-electron chi connectivity index (χ0n) is 17.2. The molecule has 2 N–H and O–H groups in total. The molecule has 1 aliphatic heterocycles. The summed E-state index contributed by atoms with van der Waals surface area (Å²) in [6.07, 6.45) is 6.91. The van der Waals surface area contributed by atoms with Crippen LogP contribution in [0.5, 0.6) is 0 Å². The molecule has 2 aromatic rings. The van der Waals surface area contributed by atoms with Crippen molar-refractivity contribution in [3.05, 3.63) is 38.8 Å². The highest BCUT2D eigenvalue weighted by Crippen LogP contribution is 2.15. The molecule has 32 heavy (non-hydrogen) atoms. The number of aromatic nitrogens is 3. The molecule has 0 bridgehead atoms. The quantitative estimate of drug-likeness (QED) is 0.309. The van der Waals surface area contributed by atoms with Crippen LogP contribution >= 0.6 is 31.9 Å². The maximum atomic E-state index is 11.4. The van der Waals surface area contributed by atoms with Crippen LogP contribution in [0.2, 0.25) is 0 Å². The van der Waals surface area contributed by atoms with Crippen LogP contribution < -0.4 is 5.73 Å². The van der Waals surface area contributed by atoms with Crippen molar-refractivity contribution in [1.29, 1.82) is 0 Å². The highest BCUT2D eigenvalue weighted by atomic mass is 79.9. The fourth-order valence-electron chi connectivity index (χ4n) is 1.93. The van der Waals surface area contributed by atoms with Gasteiger partial charge in [-0.2, -0.15) is 5.10 Å². The van der Waals surface area contributed by atoms with Gasteiger partial charge in [0.25, 0.3) is 0 Å². The van der Waals surface area contributed by atoms with E-state index >= 15 is 0 Å². The zero-order chi connectivity index (χ0) is 24.1. The second-order valence-electron chi connectivity index (χ2n) is 5.72. The van der Waals surface area contributed by atoms with E-state index in [9.17, 15) is 19.2 Å². The Kier molecular flexibility index (Phi) is 12.0. The normalized spacial score (nSPS) is 11.9. The Balaban J connectivity index is 0.000000261. The molecular formula is C19H21Br2N5O6. The van der Waals surface area contributed by atoms with Crippen LogP contribution in [-0.2, 0) is 23.9 Å². The minimum absolute atomic E-state index is 0.178. The first-order valence-corrected chi connectivity index (χ1v) is 10.7. The Bertz CT molecular complexity index is 1010. The Morgan fingerprint density at radius 3 is 2.31 bits per heavy atom. The van der Waals surface area contributed by atoms with Crippen LogP contribution in [0.4, 0.5) is 0 Å². The van der Waals surface area contributed by atoms with Gasteiger partial charge in [-0.3, -0.25) is 9.79 Å². The van der Waals surface area contributed by atoms with Gasteiger partial charge in [0.1, 0.15) is 12.6 Å². The zero-order valence-corrected chi connectivity index (χ0v) is 20.4. The molecule has 0 aliphatic carbocycles. The molecule has 0 saturated heterocycles. The van der Waals surface area contributed by atoms with Crippen LogP contribution in [0.25, 0.3) is 5.65 Å². The second-order valence-corrected chi connectivity index (χ2v) is 7.43. The lowest BCUT2D eigenvalue weighted by Crippen LogP contribution is -2.19. The van der Waals surface area contributed by atoms with Gasteiger partial charge in [0.05, 0.1) is 40.5 Å². The van der Waals surface area contributed by atoms with E-state index in [1.165, 1.54) is 10.7 Å². The summed E-state index contributed by atoms with van der Waals surface area (Å²) in [6.45, 7) is 4.54. The van der Waals surface area contributed by atoms with Gasteiger partial charge in [0.2, 0.25) is 0 Å². The fourth-order valence-corrected chi connectivity index (χ4v) is 2.58. The minimum Gasteiger partial charge on any atom is -0.465 e. The summed E-state index contributed by atoms with van der Waals surface area (Å²) < 4.78 is 12.5. The molecule has 0 unspecified atom stereocenters. The number of aliphatic imine (C=N–C) groups is 1. The Morgan fingerprint density at radius 1 is 1.19 bits per heavy atom. The first kappa shape index (κ1) is 27.1. The number of hydrogen-bond acceptors (Lipinski definition) is 10. The summed E-state index contributed by atoms with van der Waals surface area (Å²) in [6, 6.07) is 0. The second kappa shape index (κ2) is 14.2. The van der Waals surface area contributed by atoms with Gasteiger partial charge in [-0.05, 0) is 45.7 Å². The van der Waals surface area contributed by atoms with E-state index in [1.807, 2.05) is 0 Å². The molecule has 13 heteroatoms. The molecule has 0 amide bonds. The highest BCUT2D eigenvalue weighted by Gasteiger charge is 2.16. The predicted octanol–water partition coefficient (Wildman–Crippen LogP) is 1.87. The number of allylic oxidation sites excluding steroid dienone is 1. The van der Waals surface area contributed by atoms with E-state index in [1.54, 1.807) is 32.5 Å². The lowest BCUT2D eigenvalue weighted by Gasteiger charge is -2.01. The molecule has 0 fully saturated rings. The number of carbonyl (C=O) groups excluding carboxylic acids is 4. The summed E-state index contributed by atoms with van der Waals surface area (Å²) in [4.78, 5) is 49.7. The summed E-state index contributed by atoms with van der Waals surface area (Å²) in [5.74, 6) is -2.43. The Labute approximate surface area is 200 Å². The van der Waals surface area contributed by atoms with E-state index in [2.05, 4.69) is 51.7 Å². The summed E-state index contributed by atoms with van der Waals surface area (Å²) in [7, 11) is 0. The minimum atomic E-state index is -1.25. The average molecular weight is 575 g/mol. The van der Waals surface area contributed by atoms with Crippen molar-refractivity contribution in [2.24, 2.45) is 16.6 Å². The fraction of sp³-hybridized carbons (Fsp3) is 0.316. The number of esters is 2. The monoisotopic (exact) mass is 573 g/mol. The number of aldehydes is 2. The van der Waals surface area contributed by atoms with Gasteiger partial charge < -0.3 is 24.8 Å². The summed E-state index contributed by atoms with van der Waals surface area (Å²) >= 11 is 6.51. The van der Waals surface area contributed by atoms with E-state index in [4.69, 9.17) is 10.5 Å². The maximum absolute atomic E-state index is 11.4.